The number of hydrogen-bond acceptors (Lipinski definition) is 2. The molecule has 98 valence electrons. The Morgan fingerprint density at radius 3 is 2.61 bits per heavy atom. The molecule has 0 N–H and O–H groups in total. The lowest BCUT2D eigenvalue weighted by molar-refractivity contribution is -0.137. The van der Waals surface area contributed by atoms with E-state index in [9.17, 15) is 4.79 Å². The molecule has 0 saturated carbocycles. The van der Waals surface area contributed by atoms with Crippen LogP contribution in [0.4, 0.5) is 0 Å². The molecular formula is C15H21NO2. The fraction of sp³-hybridized carbons (Fsp3) is 0.533. The minimum absolute atomic E-state index is 0.166. The molecule has 1 aliphatic heterocycles. The van der Waals surface area contributed by atoms with E-state index in [0.29, 0.717) is 0 Å². The van der Waals surface area contributed by atoms with E-state index < -0.39 is 0 Å². The second-order valence-electron chi connectivity index (χ2n) is 4.88. The molecule has 0 unspecified atom stereocenters. The average molecular weight is 247 g/mol. The zero-order valence-electron chi connectivity index (χ0n) is 11.0. The molecule has 0 aliphatic carbocycles. The molecule has 0 aromatic heterocycles. The van der Waals surface area contributed by atoms with Crippen molar-refractivity contribution in [1.29, 1.82) is 0 Å². The molecule has 0 bridgehead atoms. The smallest absolute Gasteiger partial charge is 0.225 e. The summed E-state index contributed by atoms with van der Waals surface area (Å²) in [4.78, 5) is 14.1. The molecule has 0 radical (unpaired) electrons. The number of rotatable bonds is 4. The maximum atomic E-state index is 12.2. The molecule has 3 heteroatoms. The van der Waals surface area contributed by atoms with Gasteiger partial charge in [-0.25, -0.2) is 0 Å². The van der Waals surface area contributed by atoms with E-state index in [-0.39, 0.29) is 11.8 Å². The fourth-order valence-corrected chi connectivity index (χ4v) is 2.31. The Kier molecular flexibility index (Phi) is 4.76. The topological polar surface area (TPSA) is 29.5 Å². The summed E-state index contributed by atoms with van der Waals surface area (Å²) in [5.74, 6) is 0.439. The molecule has 1 aromatic carbocycles. The van der Waals surface area contributed by atoms with Crippen LogP contribution in [0, 0.1) is 5.92 Å². The van der Waals surface area contributed by atoms with Gasteiger partial charge in [0.1, 0.15) is 0 Å². The predicted octanol–water partition coefficient (Wildman–Crippen LogP) is 2.11. The molecule has 18 heavy (non-hydrogen) atoms. The number of carbonyl (C=O) groups is 1. The monoisotopic (exact) mass is 247 g/mol. The Morgan fingerprint density at radius 1 is 1.28 bits per heavy atom. The number of ether oxygens (including phenoxy) is 1. The first-order chi connectivity index (χ1) is 8.77. The summed E-state index contributed by atoms with van der Waals surface area (Å²) in [6, 6.07) is 10.3. The van der Waals surface area contributed by atoms with Crippen molar-refractivity contribution in [3.8, 4) is 0 Å². The molecular weight excluding hydrogens is 226 g/mol. The quantitative estimate of drug-likeness (QED) is 0.815. The van der Waals surface area contributed by atoms with Crippen LogP contribution in [0.3, 0.4) is 0 Å². The molecule has 0 atom stereocenters. The Bertz CT molecular complexity index is 371. The second kappa shape index (κ2) is 6.55. The van der Waals surface area contributed by atoms with E-state index in [0.717, 1.165) is 39.0 Å². The molecule has 1 saturated heterocycles. The van der Waals surface area contributed by atoms with E-state index in [4.69, 9.17) is 4.74 Å². The summed E-state index contributed by atoms with van der Waals surface area (Å²) in [5.41, 5.74) is 1.28. The van der Waals surface area contributed by atoms with Crippen LogP contribution < -0.4 is 0 Å². The number of benzene rings is 1. The zero-order chi connectivity index (χ0) is 12.8. The summed E-state index contributed by atoms with van der Waals surface area (Å²) in [7, 11) is 1.90. The van der Waals surface area contributed by atoms with Crippen LogP contribution in [0.1, 0.15) is 18.4 Å². The maximum Gasteiger partial charge on any atom is 0.225 e. The van der Waals surface area contributed by atoms with Crippen LogP contribution in [0.2, 0.25) is 0 Å². The fourth-order valence-electron chi connectivity index (χ4n) is 2.31. The Morgan fingerprint density at radius 2 is 1.94 bits per heavy atom. The van der Waals surface area contributed by atoms with Gasteiger partial charge in [-0.15, -0.1) is 0 Å². The van der Waals surface area contributed by atoms with Crippen molar-refractivity contribution in [2.75, 3.05) is 26.8 Å². The third kappa shape index (κ3) is 3.57. The summed E-state index contributed by atoms with van der Waals surface area (Å²) in [6.07, 6.45) is 2.66. The zero-order valence-corrected chi connectivity index (χ0v) is 11.0. The van der Waals surface area contributed by atoms with Gasteiger partial charge < -0.3 is 9.64 Å². The number of hydrogen-bond donors (Lipinski definition) is 0. The van der Waals surface area contributed by atoms with Crippen LogP contribution in [0.25, 0.3) is 0 Å². The van der Waals surface area contributed by atoms with E-state index in [2.05, 4.69) is 12.1 Å². The highest BCUT2D eigenvalue weighted by molar-refractivity contribution is 5.78. The lowest BCUT2D eigenvalue weighted by atomic mass is 9.98. The lowest BCUT2D eigenvalue weighted by Gasteiger charge is -2.26. The van der Waals surface area contributed by atoms with Crippen molar-refractivity contribution in [3.05, 3.63) is 35.9 Å². The summed E-state index contributed by atoms with van der Waals surface area (Å²) in [5, 5.41) is 0. The van der Waals surface area contributed by atoms with Gasteiger partial charge in [-0.1, -0.05) is 30.3 Å². The van der Waals surface area contributed by atoms with E-state index in [1.165, 1.54) is 5.56 Å². The van der Waals surface area contributed by atoms with Gasteiger partial charge in [0.2, 0.25) is 5.91 Å². The van der Waals surface area contributed by atoms with Crippen molar-refractivity contribution in [2.24, 2.45) is 5.92 Å². The number of likely N-dealkylation sites (N-methyl/N-ethyl adjacent to an activating group) is 1. The Hall–Kier alpha value is -1.35. The SMILES string of the molecule is CN(CCc1ccccc1)C(=O)C1CCOCC1. The molecule has 1 fully saturated rings. The van der Waals surface area contributed by atoms with Gasteiger partial charge in [0.05, 0.1) is 0 Å². The number of nitrogens with zero attached hydrogens (tertiary/aromatic N) is 1. The van der Waals surface area contributed by atoms with Crippen molar-refractivity contribution in [1.82, 2.24) is 4.90 Å². The first-order valence-electron chi connectivity index (χ1n) is 6.64. The molecule has 0 spiro atoms. The van der Waals surface area contributed by atoms with Crippen LogP contribution in [-0.2, 0) is 16.0 Å². The minimum atomic E-state index is 0.166. The van der Waals surface area contributed by atoms with Gasteiger partial charge in [-0.3, -0.25) is 4.79 Å². The van der Waals surface area contributed by atoms with Gasteiger partial charge in [0, 0.05) is 32.7 Å². The minimum Gasteiger partial charge on any atom is -0.381 e. The summed E-state index contributed by atoms with van der Waals surface area (Å²) >= 11 is 0. The maximum absolute atomic E-state index is 12.2. The van der Waals surface area contributed by atoms with Crippen LogP contribution in [-0.4, -0.2) is 37.6 Å². The largest absolute Gasteiger partial charge is 0.381 e. The predicted molar refractivity (Wildman–Crippen MR) is 71.3 cm³/mol. The highest BCUT2D eigenvalue weighted by Crippen LogP contribution is 2.17. The van der Waals surface area contributed by atoms with Crippen molar-refractivity contribution in [3.63, 3.8) is 0 Å². The molecule has 3 nitrogen and oxygen atoms in total. The first kappa shape index (κ1) is 13.1. The molecule has 2 rings (SSSR count). The van der Waals surface area contributed by atoms with Crippen LogP contribution in [0.15, 0.2) is 30.3 Å². The molecule has 1 aliphatic rings. The summed E-state index contributed by atoms with van der Waals surface area (Å²) in [6.45, 7) is 2.24. The molecule has 1 amide bonds. The van der Waals surface area contributed by atoms with Gasteiger partial charge in [0.25, 0.3) is 0 Å². The van der Waals surface area contributed by atoms with E-state index >= 15 is 0 Å². The highest BCUT2D eigenvalue weighted by atomic mass is 16.5. The normalized spacial score (nSPS) is 16.5. The van der Waals surface area contributed by atoms with Gasteiger partial charge in [-0.2, -0.15) is 0 Å². The third-order valence-corrected chi connectivity index (χ3v) is 3.53. The Labute approximate surface area is 109 Å². The Balaban J connectivity index is 1.80. The van der Waals surface area contributed by atoms with Gasteiger partial charge in [-0.05, 0) is 24.8 Å². The van der Waals surface area contributed by atoms with Crippen LogP contribution in [0.5, 0.6) is 0 Å². The number of carbonyl (C=O) groups excluding carboxylic acids is 1. The van der Waals surface area contributed by atoms with Gasteiger partial charge >= 0.3 is 0 Å². The molecule has 1 heterocycles. The lowest BCUT2D eigenvalue weighted by Crippen LogP contribution is -2.37. The van der Waals surface area contributed by atoms with E-state index in [1.807, 2.05) is 30.1 Å². The average Bonchev–Trinajstić information content (AvgIpc) is 2.46. The van der Waals surface area contributed by atoms with Crippen molar-refractivity contribution in [2.45, 2.75) is 19.3 Å². The van der Waals surface area contributed by atoms with Gasteiger partial charge in [0.15, 0.2) is 0 Å². The third-order valence-electron chi connectivity index (χ3n) is 3.53. The van der Waals surface area contributed by atoms with Crippen molar-refractivity contribution < 1.29 is 9.53 Å². The summed E-state index contributed by atoms with van der Waals surface area (Å²) < 4.78 is 5.29. The standard InChI is InChI=1S/C15H21NO2/c1-16(10-7-13-5-3-2-4-6-13)15(17)14-8-11-18-12-9-14/h2-6,14H,7-12H2,1H3. The second-order valence-corrected chi connectivity index (χ2v) is 4.88. The van der Waals surface area contributed by atoms with E-state index in [1.54, 1.807) is 0 Å². The highest BCUT2D eigenvalue weighted by Gasteiger charge is 2.24. The first-order valence-corrected chi connectivity index (χ1v) is 6.64. The molecule has 1 aromatic rings. The number of amides is 1. The van der Waals surface area contributed by atoms with Crippen LogP contribution >= 0.6 is 0 Å². The van der Waals surface area contributed by atoms with Crippen molar-refractivity contribution >= 4 is 5.91 Å².